The highest BCUT2D eigenvalue weighted by molar-refractivity contribution is 6.04. The molecular weight excluding hydrogens is 1850 g/mol. The Labute approximate surface area is 834 Å². The first kappa shape index (κ1) is 103. The normalized spacial score (nSPS) is 24.8. The van der Waals surface area contributed by atoms with Gasteiger partial charge in [0.2, 0.25) is 23.6 Å². The number of hydrogen-bond acceptors (Lipinski definition) is 25. The molecule has 0 saturated heterocycles. The summed E-state index contributed by atoms with van der Waals surface area (Å²) in [5.74, 6) is 0.946. The molecule has 9 heterocycles. The molecule has 8 aromatic carbocycles. The van der Waals surface area contributed by atoms with Crippen LogP contribution in [-0.2, 0) is 32.0 Å². The van der Waals surface area contributed by atoms with Crippen LogP contribution in [0.5, 0.6) is 34.5 Å². The lowest BCUT2D eigenvalue weighted by molar-refractivity contribution is -0.133. The van der Waals surface area contributed by atoms with Crippen molar-refractivity contribution in [2.24, 2.45) is 42.9 Å². The fraction of sp³-hybridized carbons (Fsp3) is 0.444. The molecule has 8 aromatic rings. The number of nitrogens with one attached hydrogen (secondary N) is 4. The number of guanidine groups is 4. The van der Waals surface area contributed by atoms with E-state index >= 15 is 4.39 Å². The van der Waals surface area contributed by atoms with Crippen LogP contribution in [-0.4, -0.2) is 192 Å². The number of nitrogens with two attached hydrogens (primary N) is 4. The van der Waals surface area contributed by atoms with Gasteiger partial charge in [0.25, 0.3) is 23.6 Å². The van der Waals surface area contributed by atoms with Crippen LogP contribution in [0.1, 0.15) is 305 Å². The van der Waals surface area contributed by atoms with Gasteiger partial charge in [0.05, 0.1) is 130 Å². The number of halogens is 3. The van der Waals surface area contributed by atoms with E-state index in [0.717, 1.165) is 54.4 Å². The van der Waals surface area contributed by atoms with E-state index in [1.807, 2.05) is 97.9 Å². The van der Waals surface area contributed by atoms with Crippen molar-refractivity contribution in [3.8, 4) is 34.5 Å². The van der Waals surface area contributed by atoms with Gasteiger partial charge < -0.3 is 87.9 Å². The van der Waals surface area contributed by atoms with E-state index in [0.29, 0.717) is 155 Å². The standard InChI is InChI=1S/C28H33FN4O3.C27H31FN4O4.C27H34N4O5.C26H29FN4O5/c1-4-28(5-2)16-23(34)33(26(30)32-28)21-12-13-36-22-11-10-17(14-20(21)22)25(35)31-24-19-9-7-6-8-18(19)15-27(24,3)29;1-26(2)13-21(33)32(25(29)31-26)19-9-7-14-5-6-15(11-17(14)19)24(35)30-22-18-12-16(28)8-10-20(18)36-27(3,4)23(22)34;1-4-27(5-2)15-24(33)31(26(28)30-27)21-12-13-36-23-11-10-17(14-19(21)23)25(34)29-20(16-32)18-8-6-7-9-22(18)35-3;1-3-26(2)12-22(33)31(25(28)30-26)18-8-9-35-20-6-4-14(10-16(18)20)24(34)29-23-17-11-15(27)5-7-21(17)36-13-19(23)32/h6-11,14,21,24H,4-5,12-13,15-16H2,1-3H3,(H2,30,32)(H,31,35);5-6,8,10-12,19,22-23,34H,7,9,13H2,1-4H3,(H2,29,31)(H,30,35);6-11,14,20-21,32H,4-5,12-13,15-16H2,1-3H3,(H2,28,30)(H,29,34);4-7,10-11,18-19,23,32H,3,8-9,12-13H2,1-2H3,(H2,28,30)(H,29,34)/t21-,24?,27?;19-,22-,23+;20?,21-;18-,19?,23?,26-/m1111/s1. The number of para-hydroxylation sites is 1. The molecule has 19 rings (SSSR count). The van der Waals surface area contributed by atoms with Crippen LogP contribution >= 0.6 is 0 Å². The molecule has 0 bridgehead atoms. The molecule has 0 radical (unpaired) electrons. The van der Waals surface area contributed by atoms with Gasteiger partial charge in [0.1, 0.15) is 76.2 Å². The molecule has 144 heavy (non-hydrogen) atoms. The first-order valence-electron chi connectivity index (χ1n) is 49.2. The number of aryl methyl sites for hydroxylation is 1. The predicted octanol–water partition coefficient (Wildman–Crippen LogP) is 13.2. The highest BCUT2D eigenvalue weighted by Gasteiger charge is 2.50. The van der Waals surface area contributed by atoms with Gasteiger partial charge in [-0.3, -0.25) is 58.0 Å². The van der Waals surface area contributed by atoms with Gasteiger partial charge in [-0.25, -0.2) is 33.1 Å². The second-order valence-electron chi connectivity index (χ2n) is 40.2. The third-order valence-corrected chi connectivity index (χ3v) is 29.7. The summed E-state index contributed by atoms with van der Waals surface area (Å²) in [4.78, 5) is 130. The lowest BCUT2D eigenvalue weighted by atomic mass is 9.86. The number of rotatable bonds is 20. The summed E-state index contributed by atoms with van der Waals surface area (Å²) < 4.78 is 77.5. The Bertz CT molecular complexity index is 6460. The zero-order valence-corrected chi connectivity index (χ0v) is 83.0. The Morgan fingerprint density at radius 2 is 0.889 bits per heavy atom. The number of hydrogen-bond donors (Lipinski definition) is 11. The quantitative estimate of drug-likeness (QED) is 0.0337. The molecule has 0 fully saturated rings. The molecule has 33 nitrogen and oxygen atoms in total. The van der Waals surface area contributed by atoms with Crippen molar-refractivity contribution in [3.05, 3.63) is 247 Å². The minimum absolute atomic E-state index is 0.0317. The van der Waals surface area contributed by atoms with Crippen molar-refractivity contribution < 1.29 is 95.3 Å². The Kier molecular flexibility index (Phi) is 29.5. The van der Waals surface area contributed by atoms with Crippen LogP contribution in [0.2, 0.25) is 0 Å². The maximum Gasteiger partial charge on any atom is 0.251 e. The topological polar surface area (TPSA) is 467 Å². The minimum atomic E-state index is -1.59. The number of alkyl halides is 1. The third kappa shape index (κ3) is 20.8. The molecule has 0 saturated carbocycles. The summed E-state index contributed by atoms with van der Waals surface area (Å²) in [6.07, 6.45) is 5.80. The van der Waals surface area contributed by atoms with Crippen LogP contribution in [0.4, 0.5) is 13.2 Å². The molecule has 0 aromatic heterocycles. The van der Waals surface area contributed by atoms with E-state index in [1.54, 1.807) is 115 Å². The lowest BCUT2D eigenvalue weighted by Gasteiger charge is -2.42. The van der Waals surface area contributed by atoms with Crippen LogP contribution in [0.15, 0.2) is 178 Å². The highest BCUT2D eigenvalue weighted by atomic mass is 19.1. The SMILES string of the molecule is CC1(C)CC(=O)N([C@@H]2CCc3ccc(C(=O)N[C@@H]4c5cc(F)ccc5OC(C)(C)[C@H]4O)cc32)C(N)=N1.CCC1(CC)CC(=O)N([C@@H]2CCOc3ccc(C(=O)NC(CO)c4ccccc4OC)cc32)C(N)=N1.CCC1(CC)CC(=O)N([C@@H]2CCOc3ccc(C(=O)NC4c5ccccc5CC4(C)F)cc32)C(N)=N1.CC[C@]1(C)CC(=O)N([C@@H]2CCOc3ccc(C(=O)NC4c5cc(F)ccc5OCC4O)cc32)C(N)=N1. The fourth-order valence-corrected chi connectivity index (χ4v) is 21.3. The van der Waals surface area contributed by atoms with E-state index in [-0.39, 0.29) is 110 Å². The number of aliphatic imine (C=N–C) groups is 4. The third-order valence-electron chi connectivity index (χ3n) is 29.7. The minimum Gasteiger partial charge on any atom is -0.496 e. The van der Waals surface area contributed by atoms with Crippen molar-refractivity contribution in [2.75, 3.05) is 40.1 Å². The number of carbonyl (C=O) groups is 8. The number of aliphatic hydroxyl groups is 3. The van der Waals surface area contributed by atoms with Crippen molar-refractivity contribution >= 4 is 71.1 Å². The molecule has 12 atom stereocenters. The van der Waals surface area contributed by atoms with E-state index in [4.69, 9.17) is 61.3 Å². The molecule has 0 spiro atoms. The van der Waals surface area contributed by atoms with Gasteiger partial charge in [0.15, 0.2) is 23.8 Å². The average molecular weight is 1980 g/mol. The van der Waals surface area contributed by atoms with Crippen LogP contribution in [0.25, 0.3) is 0 Å². The highest BCUT2D eigenvalue weighted by Crippen LogP contribution is 2.49. The summed E-state index contributed by atoms with van der Waals surface area (Å²) in [5, 5.41) is 42.9. The van der Waals surface area contributed by atoms with Crippen LogP contribution < -0.4 is 72.6 Å². The number of benzene rings is 8. The second kappa shape index (κ2) is 41.3. The van der Waals surface area contributed by atoms with E-state index in [9.17, 15) is 62.5 Å². The van der Waals surface area contributed by atoms with E-state index in [1.165, 1.54) is 48.2 Å². The number of ether oxygens (including phenoxy) is 6. The van der Waals surface area contributed by atoms with Crippen LogP contribution in [0, 0.1) is 11.6 Å². The van der Waals surface area contributed by atoms with Crippen molar-refractivity contribution in [1.29, 1.82) is 0 Å². The Balaban J connectivity index is 0.000000138. The molecule has 15 N–H and O–H groups in total. The maximum absolute atomic E-state index is 15.4. The first-order chi connectivity index (χ1) is 68.6. The monoisotopic (exact) mass is 1980 g/mol. The number of amides is 8. The molecule has 11 aliphatic rings. The fourth-order valence-electron chi connectivity index (χ4n) is 21.3. The second-order valence-corrected chi connectivity index (χ2v) is 40.2. The molecular formula is C108H127F3N16O17. The summed E-state index contributed by atoms with van der Waals surface area (Å²) in [6.45, 7) is 21.5. The van der Waals surface area contributed by atoms with Crippen LogP contribution in [0.3, 0.4) is 0 Å². The Morgan fingerprint density at radius 3 is 1.39 bits per heavy atom. The predicted molar refractivity (Wildman–Crippen MR) is 533 cm³/mol. The first-order valence-corrected chi connectivity index (χ1v) is 49.2. The summed E-state index contributed by atoms with van der Waals surface area (Å²) in [7, 11) is 1.54. The smallest absolute Gasteiger partial charge is 0.251 e. The number of fused-ring (bicyclic) bond motifs is 7. The number of methoxy groups -OCH3 is 1. The Morgan fingerprint density at radius 1 is 0.458 bits per heavy atom. The zero-order chi connectivity index (χ0) is 103. The molecule has 9 aliphatic heterocycles. The largest absolute Gasteiger partial charge is 0.496 e. The van der Waals surface area contributed by atoms with Gasteiger partial charge in [-0.15, -0.1) is 0 Å². The zero-order valence-electron chi connectivity index (χ0n) is 83.0. The molecule has 36 heteroatoms. The van der Waals surface area contributed by atoms with Gasteiger partial charge >= 0.3 is 0 Å². The molecule has 762 valence electrons. The number of aliphatic hydroxyl groups excluding tert-OH is 3. The molecule has 2 aliphatic carbocycles. The Hall–Kier alpha value is -14.1. The summed E-state index contributed by atoms with van der Waals surface area (Å²) in [6, 6.07) is 38.7. The molecule has 5 unspecified atom stereocenters. The van der Waals surface area contributed by atoms with E-state index < -0.39 is 99.3 Å². The maximum atomic E-state index is 15.4. The average Bonchev–Trinajstić information content (AvgIpc) is 1.42. The van der Waals surface area contributed by atoms with Crippen molar-refractivity contribution in [3.63, 3.8) is 0 Å². The number of nitrogens with zero attached hydrogens (tertiary/aromatic N) is 8. The summed E-state index contributed by atoms with van der Waals surface area (Å²) >= 11 is 0. The van der Waals surface area contributed by atoms with Gasteiger partial charge in [-0.1, -0.05) is 83.1 Å². The van der Waals surface area contributed by atoms with Gasteiger partial charge in [-0.05, 0) is 218 Å². The van der Waals surface area contributed by atoms with Gasteiger partial charge in [-0.2, -0.15) is 0 Å². The summed E-state index contributed by atoms with van der Waals surface area (Å²) in [5.41, 5.74) is 29.1. The molecule has 8 amide bonds. The van der Waals surface area contributed by atoms with Crippen molar-refractivity contribution in [2.45, 2.75) is 266 Å². The lowest BCUT2D eigenvalue weighted by Crippen LogP contribution is -2.53. The van der Waals surface area contributed by atoms with E-state index in [2.05, 4.69) is 31.3 Å². The number of carbonyl (C=O) groups excluding carboxylic acids is 8. The van der Waals surface area contributed by atoms with Gasteiger partial charge in [0, 0.05) is 81.3 Å². The van der Waals surface area contributed by atoms with Crippen molar-refractivity contribution in [1.82, 2.24) is 40.9 Å².